The van der Waals surface area contributed by atoms with E-state index in [4.69, 9.17) is 28.9 Å². The Kier molecular flexibility index (Phi) is 2.75. The van der Waals surface area contributed by atoms with Crippen LogP contribution in [0.4, 0.5) is 5.82 Å². The molecular weight excluding hydrogens is 233 g/mol. The molecule has 2 rings (SSSR count). The van der Waals surface area contributed by atoms with E-state index in [1.165, 1.54) is 6.33 Å². The third-order valence-electron chi connectivity index (χ3n) is 1.89. The molecular formula is C10H7Cl2N3. The molecule has 1 aromatic carbocycles. The van der Waals surface area contributed by atoms with Crippen LogP contribution in [0.15, 0.2) is 30.6 Å². The van der Waals surface area contributed by atoms with Gasteiger partial charge in [-0.3, -0.25) is 0 Å². The van der Waals surface area contributed by atoms with Gasteiger partial charge in [0.15, 0.2) is 0 Å². The molecule has 0 radical (unpaired) electrons. The van der Waals surface area contributed by atoms with Gasteiger partial charge in [0.05, 0.1) is 10.7 Å². The average molecular weight is 240 g/mol. The van der Waals surface area contributed by atoms with Crippen molar-refractivity contribution in [1.29, 1.82) is 0 Å². The molecule has 3 nitrogen and oxygen atoms in total. The van der Waals surface area contributed by atoms with Crippen LogP contribution in [0.1, 0.15) is 0 Å². The van der Waals surface area contributed by atoms with E-state index in [0.717, 1.165) is 5.56 Å². The minimum atomic E-state index is 0.399. The van der Waals surface area contributed by atoms with Crippen molar-refractivity contribution < 1.29 is 0 Å². The Balaban J connectivity index is 2.58. The van der Waals surface area contributed by atoms with Gasteiger partial charge < -0.3 is 5.73 Å². The van der Waals surface area contributed by atoms with Crippen LogP contribution in [-0.2, 0) is 0 Å². The molecule has 0 aliphatic rings. The second-order valence-corrected chi connectivity index (χ2v) is 3.80. The summed E-state index contributed by atoms with van der Waals surface area (Å²) < 4.78 is 0. The Morgan fingerprint density at radius 2 is 1.87 bits per heavy atom. The maximum absolute atomic E-state index is 6.02. The number of benzene rings is 1. The van der Waals surface area contributed by atoms with Crippen molar-refractivity contribution in [3.05, 3.63) is 40.6 Å². The van der Waals surface area contributed by atoms with Crippen LogP contribution in [0.3, 0.4) is 0 Å². The van der Waals surface area contributed by atoms with Crippen LogP contribution >= 0.6 is 23.2 Å². The lowest BCUT2D eigenvalue weighted by atomic mass is 10.1. The van der Waals surface area contributed by atoms with E-state index in [9.17, 15) is 0 Å². The van der Waals surface area contributed by atoms with Gasteiger partial charge in [0.1, 0.15) is 12.1 Å². The maximum Gasteiger partial charge on any atom is 0.127 e. The summed E-state index contributed by atoms with van der Waals surface area (Å²) in [5.41, 5.74) is 6.97. The van der Waals surface area contributed by atoms with Crippen molar-refractivity contribution in [2.45, 2.75) is 0 Å². The monoisotopic (exact) mass is 239 g/mol. The third kappa shape index (κ3) is 2.19. The highest BCUT2D eigenvalue weighted by molar-refractivity contribution is 6.35. The van der Waals surface area contributed by atoms with E-state index >= 15 is 0 Å². The van der Waals surface area contributed by atoms with Gasteiger partial charge in [0.25, 0.3) is 0 Å². The van der Waals surface area contributed by atoms with Crippen molar-refractivity contribution in [3.63, 3.8) is 0 Å². The number of aromatic nitrogens is 2. The standard InChI is InChI=1S/C10H7Cl2N3/c11-6-1-2-8(12)7(3-6)9-4-10(13)15-5-14-9/h1-5H,(H2,13,14,15). The Morgan fingerprint density at radius 1 is 1.07 bits per heavy atom. The molecule has 0 saturated carbocycles. The van der Waals surface area contributed by atoms with Gasteiger partial charge in [-0.1, -0.05) is 23.2 Å². The van der Waals surface area contributed by atoms with E-state index in [-0.39, 0.29) is 0 Å². The molecule has 0 unspecified atom stereocenters. The lowest BCUT2D eigenvalue weighted by Gasteiger charge is -2.04. The number of halogens is 2. The molecule has 0 amide bonds. The molecule has 2 aromatic rings. The number of hydrogen-bond acceptors (Lipinski definition) is 3. The van der Waals surface area contributed by atoms with Crippen LogP contribution < -0.4 is 5.73 Å². The molecule has 76 valence electrons. The van der Waals surface area contributed by atoms with Crippen LogP contribution in [0, 0.1) is 0 Å². The summed E-state index contributed by atoms with van der Waals surface area (Å²) in [4.78, 5) is 7.89. The van der Waals surface area contributed by atoms with E-state index in [2.05, 4.69) is 9.97 Å². The second kappa shape index (κ2) is 4.04. The Hall–Kier alpha value is -1.32. The van der Waals surface area contributed by atoms with E-state index in [0.29, 0.717) is 21.6 Å². The number of anilines is 1. The van der Waals surface area contributed by atoms with Gasteiger partial charge >= 0.3 is 0 Å². The van der Waals surface area contributed by atoms with Gasteiger partial charge in [0, 0.05) is 16.7 Å². The van der Waals surface area contributed by atoms with E-state index in [1.54, 1.807) is 24.3 Å². The van der Waals surface area contributed by atoms with E-state index < -0.39 is 0 Å². The third-order valence-corrected chi connectivity index (χ3v) is 2.46. The molecule has 15 heavy (non-hydrogen) atoms. The van der Waals surface area contributed by atoms with Gasteiger partial charge in [-0.15, -0.1) is 0 Å². The molecule has 0 aliphatic carbocycles. The highest BCUT2D eigenvalue weighted by Crippen LogP contribution is 2.29. The molecule has 2 N–H and O–H groups in total. The zero-order chi connectivity index (χ0) is 10.8. The van der Waals surface area contributed by atoms with Crippen molar-refractivity contribution in [1.82, 2.24) is 9.97 Å². The number of nitrogens with two attached hydrogens (primary N) is 1. The predicted molar refractivity (Wildman–Crippen MR) is 61.9 cm³/mol. The SMILES string of the molecule is Nc1cc(-c2cc(Cl)ccc2Cl)ncn1. The first-order valence-electron chi connectivity index (χ1n) is 4.20. The molecule has 0 atom stereocenters. The summed E-state index contributed by atoms with van der Waals surface area (Å²) in [5, 5.41) is 1.18. The van der Waals surface area contributed by atoms with Crippen LogP contribution in [0.25, 0.3) is 11.3 Å². The van der Waals surface area contributed by atoms with Crippen molar-refractivity contribution >= 4 is 29.0 Å². The largest absolute Gasteiger partial charge is 0.384 e. The predicted octanol–water partition coefficient (Wildman–Crippen LogP) is 3.03. The molecule has 5 heteroatoms. The number of rotatable bonds is 1. The fourth-order valence-electron chi connectivity index (χ4n) is 1.21. The average Bonchev–Trinajstić information content (AvgIpc) is 2.22. The van der Waals surface area contributed by atoms with Crippen LogP contribution in [0.2, 0.25) is 10.0 Å². The normalized spacial score (nSPS) is 10.3. The summed E-state index contributed by atoms with van der Waals surface area (Å²) in [5.74, 6) is 0.399. The maximum atomic E-state index is 6.02. The molecule has 0 aliphatic heterocycles. The number of nitrogen functional groups attached to an aromatic ring is 1. The van der Waals surface area contributed by atoms with Gasteiger partial charge in [-0.25, -0.2) is 9.97 Å². The highest BCUT2D eigenvalue weighted by Gasteiger charge is 2.06. The lowest BCUT2D eigenvalue weighted by molar-refractivity contribution is 1.18. The number of nitrogens with zero attached hydrogens (tertiary/aromatic N) is 2. The van der Waals surface area contributed by atoms with Crippen LogP contribution in [-0.4, -0.2) is 9.97 Å². The quantitative estimate of drug-likeness (QED) is 0.833. The highest BCUT2D eigenvalue weighted by atomic mass is 35.5. The lowest BCUT2D eigenvalue weighted by Crippen LogP contribution is -1.92. The van der Waals surface area contributed by atoms with Gasteiger partial charge in [-0.05, 0) is 18.2 Å². The molecule has 0 saturated heterocycles. The van der Waals surface area contributed by atoms with Crippen molar-refractivity contribution in [2.24, 2.45) is 0 Å². The Morgan fingerprint density at radius 3 is 2.60 bits per heavy atom. The molecule has 0 bridgehead atoms. The molecule has 1 aromatic heterocycles. The zero-order valence-electron chi connectivity index (χ0n) is 7.61. The van der Waals surface area contributed by atoms with Crippen molar-refractivity contribution in [3.8, 4) is 11.3 Å². The molecule has 1 heterocycles. The van der Waals surface area contributed by atoms with Crippen LogP contribution in [0.5, 0.6) is 0 Å². The van der Waals surface area contributed by atoms with Crippen molar-refractivity contribution in [2.75, 3.05) is 5.73 Å². The van der Waals surface area contributed by atoms with Gasteiger partial charge in [0.2, 0.25) is 0 Å². The first-order valence-corrected chi connectivity index (χ1v) is 4.95. The summed E-state index contributed by atoms with van der Waals surface area (Å²) >= 11 is 11.9. The second-order valence-electron chi connectivity index (χ2n) is 2.95. The number of hydrogen-bond donors (Lipinski definition) is 1. The minimum Gasteiger partial charge on any atom is -0.384 e. The summed E-state index contributed by atoms with van der Waals surface area (Å²) in [7, 11) is 0. The Bertz CT molecular complexity index is 500. The fourth-order valence-corrected chi connectivity index (χ4v) is 1.60. The van der Waals surface area contributed by atoms with E-state index in [1.807, 2.05) is 0 Å². The summed E-state index contributed by atoms with van der Waals surface area (Å²) in [6, 6.07) is 6.83. The summed E-state index contributed by atoms with van der Waals surface area (Å²) in [6.07, 6.45) is 1.39. The summed E-state index contributed by atoms with van der Waals surface area (Å²) in [6.45, 7) is 0. The minimum absolute atomic E-state index is 0.399. The van der Waals surface area contributed by atoms with Gasteiger partial charge in [-0.2, -0.15) is 0 Å². The smallest absolute Gasteiger partial charge is 0.127 e. The molecule has 0 fully saturated rings. The Labute approximate surface area is 96.9 Å². The topological polar surface area (TPSA) is 51.8 Å². The molecule has 0 spiro atoms. The zero-order valence-corrected chi connectivity index (χ0v) is 9.13. The first-order chi connectivity index (χ1) is 7.16. The first kappa shape index (κ1) is 10.2. The fraction of sp³-hybridized carbons (Fsp3) is 0.